The zero-order valence-electron chi connectivity index (χ0n) is 10.8. The van der Waals surface area contributed by atoms with Crippen molar-refractivity contribution in [2.45, 2.75) is 6.42 Å². The number of aromatic nitrogens is 1. The molecule has 0 saturated heterocycles. The maximum atomic E-state index is 12.5. The summed E-state index contributed by atoms with van der Waals surface area (Å²) in [7, 11) is 1.79. The molecule has 3 rings (SSSR count). The Morgan fingerprint density at radius 1 is 1.21 bits per heavy atom. The number of anilines is 2. The quantitative estimate of drug-likeness (QED) is 0.893. The molecule has 96 valence electrons. The zero-order valence-corrected chi connectivity index (χ0v) is 10.8. The molecule has 0 spiro atoms. The second-order valence-corrected chi connectivity index (χ2v) is 4.49. The van der Waals surface area contributed by atoms with Gasteiger partial charge < -0.3 is 10.2 Å². The van der Waals surface area contributed by atoms with E-state index in [1.54, 1.807) is 18.0 Å². The lowest BCUT2D eigenvalue weighted by molar-refractivity contribution is 0.0985. The van der Waals surface area contributed by atoms with Gasteiger partial charge in [-0.05, 0) is 30.2 Å². The fourth-order valence-electron chi connectivity index (χ4n) is 2.38. The predicted molar refractivity (Wildman–Crippen MR) is 75.6 cm³/mol. The fraction of sp³-hybridized carbons (Fsp3) is 0.200. The molecule has 1 N–H and O–H groups in total. The molecule has 0 saturated carbocycles. The number of nitrogens with one attached hydrogen (secondary N) is 1. The van der Waals surface area contributed by atoms with Crippen LogP contribution in [-0.2, 0) is 6.42 Å². The Morgan fingerprint density at radius 3 is 2.89 bits per heavy atom. The van der Waals surface area contributed by atoms with Crippen LogP contribution in [0, 0.1) is 0 Å². The average molecular weight is 253 g/mol. The molecule has 2 aromatic rings. The Bertz CT molecular complexity index is 624. The summed E-state index contributed by atoms with van der Waals surface area (Å²) in [5.41, 5.74) is 2.70. The van der Waals surface area contributed by atoms with Crippen LogP contribution in [0.2, 0.25) is 0 Å². The minimum Gasteiger partial charge on any atom is -0.373 e. The van der Waals surface area contributed by atoms with Gasteiger partial charge in [0.25, 0.3) is 5.91 Å². The van der Waals surface area contributed by atoms with Crippen LogP contribution in [0.3, 0.4) is 0 Å². The molecule has 4 nitrogen and oxygen atoms in total. The number of carbonyl (C=O) groups excluding carboxylic acids is 1. The monoisotopic (exact) mass is 253 g/mol. The molecule has 0 aliphatic carbocycles. The van der Waals surface area contributed by atoms with Gasteiger partial charge in [-0.1, -0.05) is 24.3 Å². The van der Waals surface area contributed by atoms with Crippen molar-refractivity contribution in [3.63, 3.8) is 0 Å². The maximum Gasteiger partial charge on any atom is 0.276 e. The highest BCUT2D eigenvalue weighted by Crippen LogP contribution is 2.28. The van der Waals surface area contributed by atoms with Crippen LogP contribution >= 0.6 is 0 Å². The largest absolute Gasteiger partial charge is 0.373 e. The van der Waals surface area contributed by atoms with E-state index in [0.29, 0.717) is 11.5 Å². The van der Waals surface area contributed by atoms with Gasteiger partial charge in [0.2, 0.25) is 0 Å². The van der Waals surface area contributed by atoms with E-state index >= 15 is 0 Å². The summed E-state index contributed by atoms with van der Waals surface area (Å²) in [4.78, 5) is 18.6. The molecular weight excluding hydrogens is 238 g/mol. The number of hydrogen-bond acceptors (Lipinski definition) is 3. The van der Waals surface area contributed by atoms with E-state index in [-0.39, 0.29) is 5.91 Å². The summed E-state index contributed by atoms with van der Waals surface area (Å²) < 4.78 is 0. The van der Waals surface area contributed by atoms with Crippen molar-refractivity contribution in [1.29, 1.82) is 0 Å². The molecule has 0 radical (unpaired) electrons. The predicted octanol–water partition coefficient (Wildman–Crippen LogP) is 2.33. The minimum atomic E-state index is -0.0398. The van der Waals surface area contributed by atoms with Crippen molar-refractivity contribution in [2.75, 3.05) is 23.8 Å². The third-order valence-corrected chi connectivity index (χ3v) is 3.36. The van der Waals surface area contributed by atoms with Gasteiger partial charge in [0, 0.05) is 19.3 Å². The summed E-state index contributed by atoms with van der Waals surface area (Å²) in [5.74, 6) is 0.667. The van der Waals surface area contributed by atoms with Crippen LogP contribution in [0.5, 0.6) is 0 Å². The van der Waals surface area contributed by atoms with Crippen molar-refractivity contribution in [3.05, 3.63) is 53.7 Å². The molecule has 1 aliphatic heterocycles. The zero-order chi connectivity index (χ0) is 13.2. The standard InChI is InChI=1S/C15H15N3O/c1-16-14-8-4-6-12(17-14)15(19)18-10-9-11-5-2-3-7-13(11)18/h2-8H,9-10H2,1H3,(H,16,17). The number of rotatable bonds is 2. The Hall–Kier alpha value is -2.36. The Balaban J connectivity index is 1.93. The molecule has 2 heterocycles. The highest BCUT2D eigenvalue weighted by Gasteiger charge is 2.25. The normalized spacial score (nSPS) is 13.2. The van der Waals surface area contributed by atoms with Gasteiger partial charge in [-0.25, -0.2) is 4.98 Å². The molecule has 1 aliphatic rings. The molecule has 1 aromatic heterocycles. The molecule has 1 aromatic carbocycles. The van der Waals surface area contributed by atoms with E-state index in [1.807, 2.05) is 30.3 Å². The van der Waals surface area contributed by atoms with Crippen molar-refractivity contribution >= 4 is 17.4 Å². The maximum absolute atomic E-state index is 12.5. The molecule has 4 heteroatoms. The summed E-state index contributed by atoms with van der Waals surface area (Å²) in [5, 5.41) is 2.95. The van der Waals surface area contributed by atoms with Crippen molar-refractivity contribution in [1.82, 2.24) is 4.98 Å². The van der Waals surface area contributed by atoms with Crippen LogP contribution in [0.15, 0.2) is 42.5 Å². The van der Waals surface area contributed by atoms with Crippen molar-refractivity contribution < 1.29 is 4.79 Å². The van der Waals surface area contributed by atoms with Gasteiger partial charge in [-0.3, -0.25) is 4.79 Å². The summed E-state index contributed by atoms with van der Waals surface area (Å²) in [6.45, 7) is 0.726. The van der Waals surface area contributed by atoms with Gasteiger partial charge in [-0.15, -0.1) is 0 Å². The van der Waals surface area contributed by atoms with Gasteiger partial charge in [0.15, 0.2) is 0 Å². The molecule has 0 unspecified atom stereocenters. The topological polar surface area (TPSA) is 45.2 Å². The number of para-hydroxylation sites is 1. The molecule has 0 atom stereocenters. The summed E-state index contributed by atoms with van der Waals surface area (Å²) in [6.07, 6.45) is 0.910. The highest BCUT2D eigenvalue weighted by molar-refractivity contribution is 6.06. The minimum absolute atomic E-state index is 0.0398. The highest BCUT2D eigenvalue weighted by atomic mass is 16.2. The number of amides is 1. The number of benzene rings is 1. The molecule has 0 bridgehead atoms. The van der Waals surface area contributed by atoms with E-state index in [2.05, 4.69) is 16.4 Å². The number of hydrogen-bond donors (Lipinski definition) is 1. The number of nitrogens with zero attached hydrogens (tertiary/aromatic N) is 2. The Kier molecular flexibility index (Phi) is 2.91. The van der Waals surface area contributed by atoms with Crippen molar-refractivity contribution in [3.8, 4) is 0 Å². The fourth-order valence-corrected chi connectivity index (χ4v) is 2.38. The molecule has 1 amide bonds. The lowest BCUT2D eigenvalue weighted by Gasteiger charge is -2.17. The van der Waals surface area contributed by atoms with Crippen LogP contribution in [0.4, 0.5) is 11.5 Å². The first-order chi connectivity index (χ1) is 9.29. The van der Waals surface area contributed by atoms with E-state index < -0.39 is 0 Å². The third-order valence-electron chi connectivity index (χ3n) is 3.36. The van der Waals surface area contributed by atoms with Crippen molar-refractivity contribution in [2.24, 2.45) is 0 Å². The van der Waals surface area contributed by atoms with Crippen LogP contribution in [-0.4, -0.2) is 24.5 Å². The van der Waals surface area contributed by atoms with E-state index in [4.69, 9.17) is 0 Å². The molecule has 0 fully saturated rings. The lowest BCUT2D eigenvalue weighted by Crippen LogP contribution is -2.29. The first-order valence-electron chi connectivity index (χ1n) is 6.34. The number of pyridine rings is 1. The first-order valence-corrected chi connectivity index (χ1v) is 6.34. The summed E-state index contributed by atoms with van der Waals surface area (Å²) in [6, 6.07) is 13.5. The third kappa shape index (κ3) is 2.05. The average Bonchev–Trinajstić information content (AvgIpc) is 2.90. The lowest BCUT2D eigenvalue weighted by atomic mass is 10.2. The first kappa shape index (κ1) is 11.7. The SMILES string of the molecule is CNc1cccc(C(=O)N2CCc3ccccc32)n1. The van der Waals surface area contributed by atoms with Gasteiger partial charge >= 0.3 is 0 Å². The second-order valence-electron chi connectivity index (χ2n) is 4.49. The number of fused-ring (bicyclic) bond motifs is 1. The van der Waals surface area contributed by atoms with E-state index in [1.165, 1.54) is 5.56 Å². The van der Waals surface area contributed by atoms with Gasteiger partial charge in [-0.2, -0.15) is 0 Å². The molecular formula is C15H15N3O. The van der Waals surface area contributed by atoms with Gasteiger partial charge in [0.1, 0.15) is 11.5 Å². The van der Waals surface area contributed by atoms with E-state index in [0.717, 1.165) is 18.7 Å². The van der Waals surface area contributed by atoms with Crippen LogP contribution < -0.4 is 10.2 Å². The Morgan fingerprint density at radius 2 is 2.05 bits per heavy atom. The smallest absolute Gasteiger partial charge is 0.276 e. The van der Waals surface area contributed by atoms with Crippen LogP contribution in [0.1, 0.15) is 16.1 Å². The Labute approximate surface area is 112 Å². The molecule has 19 heavy (non-hydrogen) atoms. The number of carbonyl (C=O) groups is 1. The van der Waals surface area contributed by atoms with Crippen LogP contribution in [0.25, 0.3) is 0 Å². The van der Waals surface area contributed by atoms with E-state index in [9.17, 15) is 4.79 Å². The second kappa shape index (κ2) is 4.72. The summed E-state index contributed by atoms with van der Waals surface area (Å²) >= 11 is 0. The van der Waals surface area contributed by atoms with Gasteiger partial charge in [0.05, 0.1) is 0 Å².